The Labute approximate surface area is 116 Å². The van der Waals surface area contributed by atoms with Crippen LogP contribution >= 0.6 is 11.8 Å². The van der Waals surface area contributed by atoms with Crippen molar-refractivity contribution in [2.45, 2.75) is 43.8 Å². The highest BCUT2D eigenvalue weighted by molar-refractivity contribution is 8.00. The predicted octanol–water partition coefficient (Wildman–Crippen LogP) is 1.58. The summed E-state index contributed by atoms with van der Waals surface area (Å²) in [7, 11) is -3.13. The van der Waals surface area contributed by atoms with Crippen LogP contribution in [0.5, 0.6) is 0 Å². The van der Waals surface area contributed by atoms with Gasteiger partial charge in [0.2, 0.25) is 10.0 Å². The third-order valence-corrected chi connectivity index (χ3v) is 6.35. The van der Waals surface area contributed by atoms with Crippen molar-refractivity contribution in [1.29, 1.82) is 0 Å². The Kier molecular flexibility index (Phi) is 6.98. The number of nitrogens with one attached hydrogen (secondary N) is 2. The van der Waals surface area contributed by atoms with Crippen molar-refractivity contribution >= 4 is 21.8 Å². The van der Waals surface area contributed by atoms with Gasteiger partial charge in [0, 0.05) is 17.8 Å². The minimum absolute atomic E-state index is 0.128. The zero-order chi connectivity index (χ0) is 13.5. The molecule has 4 nitrogen and oxygen atoms in total. The number of rotatable bonds is 8. The van der Waals surface area contributed by atoms with Gasteiger partial charge in [-0.05, 0) is 25.6 Å². The monoisotopic (exact) mass is 294 g/mol. The molecule has 1 rings (SSSR count). The zero-order valence-electron chi connectivity index (χ0n) is 11.5. The molecular formula is C12H26N2O2S2. The zero-order valence-corrected chi connectivity index (χ0v) is 13.1. The molecule has 1 saturated carbocycles. The molecule has 108 valence electrons. The second kappa shape index (κ2) is 7.72. The number of hydrogen-bond donors (Lipinski definition) is 2. The molecule has 0 atom stereocenters. The summed E-state index contributed by atoms with van der Waals surface area (Å²) in [6, 6.07) is 0. The predicted molar refractivity (Wildman–Crippen MR) is 79.7 cm³/mol. The van der Waals surface area contributed by atoms with Crippen molar-refractivity contribution in [1.82, 2.24) is 10.0 Å². The topological polar surface area (TPSA) is 58.2 Å². The van der Waals surface area contributed by atoms with Crippen molar-refractivity contribution in [2.24, 2.45) is 0 Å². The highest BCUT2D eigenvalue weighted by Gasteiger charge is 2.32. The molecule has 0 bridgehead atoms. The van der Waals surface area contributed by atoms with E-state index in [-0.39, 0.29) is 10.5 Å². The molecule has 1 aliphatic carbocycles. The van der Waals surface area contributed by atoms with Crippen LogP contribution < -0.4 is 10.0 Å². The van der Waals surface area contributed by atoms with E-state index < -0.39 is 10.0 Å². The quantitative estimate of drug-likeness (QED) is 0.667. The maximum Gasteiger partial charge on any atom is 0.212 e. The summed E-state index contributed by atoms with van der Waals surface area (Å²) in [5.74, 6) is 0.172. The van der Waals surface area contributed by atoms with Gasteiger partial charge in [-0.25, -0.2) is 13.1 Å². The van der Waals surface area contributed by atoms with Gasteiger partial charge in [-0.15, -0.1) is 0 Å². The minimum Gasteiger partial charge on any atom is -0.316 e. The molecule has 0 radical (unpaired) electrons. The van der Waals surface area contributed by atoms with Crippen molar-refractivity contribution in [2.75, 3.05) is 31.6 Å². The number of thioether (sulfide) groups is 1. The van der Waals surface area contributed by atoms with Crippen LogP contribution in [0.3, 0.4) is 0 Å². The Morgan fingerprint density at radius 2 is 1.89 bits per heavy atom. The summed E-state index contributed by atoms with van der Waals surface area (Å²) >= 11 is 1.82. The summed E-state index contributed by atoms with van der Waals surface area (Å²) < 4.78 is 26.6. The first-order valence-corrected chi connectivity index (χ1v) is 9.64. The lowest BCUT2D eigenvalue weighted by Gasteiger charge is -2.35. The second-order valence-corrected chi connectivity index (χ2v) is 8.14. The van der Waals surface area contributed by atoms with E-state index in [9.17, 15) is 8.42 Å². The fraction of sp³-hybridized carbons (Fsp3) is 1.00. The molecule has 1 fully saturated rings. The number of sulfonamides is 1. The molecule has 0 aromatic carbocycles. The fourth-order valence-electron chi connectivity index (χ4n) is 2.35. The minimum atomic E-state index is -3.13. The van der Waals surface area contributed by atoms with E-state index in [1.54, 1.807) is 0 Å². The van der Waals surface area contributed by atoms with Crippen LogP contribution in [-0.2, 0) is 10.0 Å². The Morgan fingerprint density at radius 1 is 1.22 bits per heavy atom. The first kappa shape index (κ1) is 16.3. The van der Waals surface area contributed by atoms with E-state index in [1.165, 1.54) is 19.3 Å². The Bertz CT molecular complexity index is 325. The van der Waals surface area contributed by atoms with Gasteiger partial charge in [0.15, 0.2) is 0 Å². The third-order valence-electron chi connectivity index (χ3n) is 3.61. The lowest BCUT2D eigenvalue weighted by atomic mass is 9.88. The van der Waals surface area contributed by atoms with Gasteiger partial charge in [0.25, 0.3) is 0 Å². The molecule has 1 aliphatic rings. The molecule has 6 heteroatoms. The molecule has 0 unspecified atom stereocenters. The summed E-state index contributed by atoms with van der Waals surface area (Å²) in [5.41, 5.74) is 0. The molecule has 2 N–H and O–H groups in total. The van der Waals surface area contributed by atoms with Gasteiger partial charge in [-0.3, -0.25) is 0 Å². The summed E-state index contributed by atoms with van der Waals surface area (Å²) in [6.07, 6.45) is 8.08. The van der Waals surface area contributed by atoms with Crippen molar-refractivity contribution < 1.29 is 8.42 Å². The molecule has 0 amide bonds. The van der Waals surface area contributed by atoms with Gasteiger partial charge in [0.05, 0.1) is 5.75 Å². The second-order valence-electron chi connectivity index (χ2n) is 4.94. The molecule has 0 heterocycles. The molecule has 0 aromatic rings. The molecule has 0 saturated heterocycles. The van der Waals surface area contributed by atoms with Crippen LogP contribution in [0.1, 0.15) is 39.0 Å². The van der Waals surface area contributed by atoms with Gasteiger partial charge in [-0.2, -0.15) is 11.8 Å². The van der Waals surface area contributed by atoms with Gasteiger partial charge in [-0.1, -0.05) is 26.2 Å². The maximum atomic E-state index is 11.8. The SMILES string of the molecule is CCNCCS(=O)(=O)NCC1(SC)CCCCC1. The summed E-state index contributed by atoms with van der Waals surface area (Å²) in [5, 5.41) is 3.04. The average molecular weight is 294 g/mol. The van der Waals surface area contributed by atoms with Crippen LogP contribution in [0.4, 0.5) is 0 Å². The molecule has 0 aromatic heterocycles. The van der Waals surface area contributed by atoms with E-state index in [4.69, 9.17) is 0 Å². The van der Waals surface area contributed by atoms with Crippen LogP contribution in [0, 0.1) is 0 Å². The molecule has 18 heavy (non-hydrogen) atoms. The lowest BCUT2D eigenvalue weighted by molar-refractivity contribution is 0.395. The average Bonchev–Trinajstić information content (AvgIpc) is 2.38. The van der Waals surface area contributed by atoms with E-state index >= 15 is 0 Å². The van der Waals surface area contributed by atoms with E-state index in [2.05, 4.69) is 16.3 Å². The van der Waals surface area contributed by atoms with Crippen molar-refractivity contribution in [3.8, 4) is 0 Å². The first-order chi connectivity index (χ1) is 8.54. The first-order valence-electron chi connectivity index (χ1n) is 6.77. The van der Waals surface area contributed by atoms with Gasteiger partial charge in [0.1, 0.15) is 0 Å². The molecule has 0 spiro atoms. The standard InChI is InChI=1S/C12H26N2O2S2/c1-3-13-9-10-18(15,16)14-11-12(17-2)7-5-4-6-8-12/h13-14H,3-11H2,1-2H3. The van der Waals surface area contributed by atoms with Crippen LogP contribution in [0.25, 0.3) is 0 Å². The summed E-state index contributed by atoms with van der Waals surface area (Å²) in [4.78, 5) is 0. The van der Waals surface area contributed by atoms with Crippen LogP contribution in [0.15, 0.2) is 0 Å². The van der Waals surface area contributed by atoms with Crippen LogP contribution in [-0.4, -0.2) is 44.8 Å². The normalized spacial score (nSPS) is 19.9. The fourth-order valence-corrected chi connectivity index (χ4v) is 4.40. The largest absolute Gasteiger partial charge is 0.316 e. The smallest absolute Gasteiger partial charge is 0.212 e. The van der Waals surface area contributed by atoms with E-state index in [0.717, 1.165) is 19.4 Å². The third kappa shape index (κ3) is 5.47. The molecular weight excluding hydrogens is 268 g/mol. The Balaban J connectivity index is 2.41. The van der Waals surface area contributed by atoms with E-state index in [0.29, 0.717) is 13.1 Å². The summed E-state index contributed by atoms with van der Waals surface area (Å²) in [6.45, 7) is 3.90. The van der Waals surface area contributed by atoms with Crippen molar-refractivity contribution in [3.05, 3.63) is 0 Å². The maximum absolute atomic E-state index is 11.8. The van der Waals surface area contributed by atoms with Crippen LogP contribution in [0.2, 0.25) is 0 Å². The highest BCUT2D eigenvalue weighted by atomic mass is 32.2. The Hall–Kier alpha value is 0.220. The van der Waals surface area contributed by atoms with Gasteiger partial charge >= 0.3 is 0 Å². The number of hydrogen-bond acceptors (Lipinski definition) is 4. The van der Waals surface area contributed by atoms with E-state index in [1.807, 2.05) is 18.7 Å². The molecule has 0 aliphatic heterocycles. The van der Waals surface area contributed by atoms with Gasteiger partial charge < -0.3 is 5.32 Å². The Morgan fingerprint density at radius 3 is 2.44 bits per heavy atom. The highest BCUT2D eigenvalue weighted by Crippen LogP contribution is 2.38. The van der Waals surface area contributed by atoms with Crippen molar-refractivity contribution in [3.63, 3.8) is 0 Å². The lowest BCUT2D eigenvalue weighted by Crippen LogP contribution is -2.43.